The van der Waals surface area contributed by atoms with Crippen LogP contribution >= 0.6 is 0 Å². The second-order valence-corrected chi connectivity index (χ2v) is 8.35. The van der Waals surface area contributed by atoms with Crippen molar-refractivity contribution in [1.29, 1.82) is 0 Å². The molecule has 136 valence electrons. The van der Waals surface area contributed by atoms with Gasteiger partial charge in [-0.25, -0.2) is 0 Å². The largest absolute Gasteiger partial charge is 0.317 e. The van der Waals surface area contributed by atoms with Gasteiger partial charge in [-0.2, -0.15) is 0 Å². The van der Waals surface area contributed by atoms with Gasteiger partial charge in [-0.1, -0.05) is 19.3 Å². The maximum Gasteiger partial charge on any atom is 0.250 e. The molecule has 4 rings (SSSR count). The Balaban J connectivity index is 1.41. The van der Waals surface area contributed by atoms with Crippen LogP contribution in [0.25, 0.3) is 0 Å². The molecule has 1 aliphatic carbocycles. The van der Waals surface area contributed by atoms with Crippen molar-refractivity contribution < 1.29 is 4.79 Å². The van der Waals surface area contributed by atoms with E-state index in [0.717, 1.165) is 44.1 Å². The Labute approximate surface area is 149 Å². The van der Waals surface area contributed by atoms with E-state index in [9.17, 15) is 9.59 Å². The lowest BCUT2D eigenvalue weighted by molar-refractivity contribution is -0.139. The lowest BCUT2D eigenvalue weighted by Crippen LogP contribution is -2.67. The Morgan fingerprint density at radius 3 is 2.60 bits per heavy atom. The van der Waals surface area contributed by atoms with E-state index in [1.165, 1.54) is 38.6 Å². The van der Waals surface area contributed by atoms with Gasteiger partial charge in [-0.05, 0) is 44.2 Å². The van der Waals surface area contributed by atoms with Crippen molar-refractivity contribution in [3.63, 3.8) is 0 Å². The number of likely N-dealkylation sites (tertiary alicyclic amines) is 1. The molecule has 1 amide bonds. The van der Waals surface area contributed by atoms with Gasteiger partial charge >= 0.3 is 0 Å². The van der Waals surface area contributed by atoms with Gasteiger partial charge in [-0.15, -0.1) is 0 Å². The summed E-state index contributed by atoms with van der Waals surface area (Å²) in [6.45, 7) is 4.04. The van der Waals surface area contributed by atoms with Crippen LogP contribution in [0.5, 0.6) is 0 Å². The third-order valence-electron chi connectivity index (χ3n) is 6.44. The number of aryl methyl sites for hydroxylation is 1. The topological polar surface area (TPSA) is 45.5 Å². The maximum absolute atomic E-state index is 13.0. The first kappa shape index (κ1) is 16.8. The highest BCUT2D eigenvalue weighted by atomic mass is 16.2. The Morgan fingerprint density at radius 2 is 1.88 bits per heavy atom. The van der Waals surface area contributed by atoms with Crippen LogP contribution in [0.1, 0.15) is 44.9 Å². The van der Waals surface area contributed by atoms with Crippen LogP contribution in [0.2, 0.25) is 0 Å². The number of β-lactam (4-membered cyclic amide) rings is 1. The second-order valence-electron chi connectivity index (χ2n) is 8.35. The van der Waals surface area contributed by atoms with Crippen LogP contribution in [-0.2, 0) is 11.8 Å². The van der Waals surface area contributed by atoms with Gasteiger partial charge < -0.3 is 14.4 Å². The number of hydrogen-bond acceptors (Lipinski definition) is 3. The summed E-state index contributed by atoms with van der Waals surface area (Å²) in [7, 11) is 1.73. The highest BCUT2D eigenvalue weighted by Gasteiger charge is 2.54. The zero-order chi connectivity index (χ0) is 17.4. The van der Waals surface area contributed by atoms with Crippen LogP contribution in [-0.4, -0.2) is 41.6 Å². The summed E-state index contributed by atoms with van der Waals surface area (Å²) in [4.78, 5) is 28.9. The van der Waals surface area contributed by atoms with Gasteiger partial charge in [-0.3, -0.25) is 9.59 Å². The maximum atomic E-state index is 13.0. The fourth-order valence-electron chi connectivity index (χ4n) is 5.01. The number of carbonyl (C=O) groups is 1. The Hall–Kier alpha value is -1.62. The molecule has 5 nitrogen and oxygen atoms in total. The van der Waals surface area contributed by atoms with Crippen molar-refractivity contribution in [3.8, 4) is 0 Å². The molecule has 3 fully saturated rings. The van der Waals surface area contributed by atoms with Gasteiger partial charge in [0.15, 0.2) is 0 Å². The molecule has 25 heavy (non-hydrogen) atoms. The van der Waals surface area contributed by atoms with Crippen molar-refractivity contribution in [2.24, 2.45) is 18.4 Å². The standard InChI is InChI=1S/C20H29N3O2/c1-21-13-17(8-9-18(21)24)23-15-20(19(23)25)10-5-11-22(14-20)12-16-6-3-2-4-7-16/h8-9,13,16H,2-7,10-12,14-15H2,1H3/t20-/m0/s1. The van der Waals surface area contributed by atoms with Crippen LogP contribution in [0.4, 0.5) is 5.69 Å². The van der Waals surface area contributed by atoms with E-state index >= 15 is 0 Å². The number of nitrogens with zero attached hydrogens (tertiary/aromatic N) is 3. The fourth-order valence-corrected chi connectivity index (χ4v) is 5.01. The van der Waals surface area contributed by atoms with Crippen molar-refractivity contribution in [2.45, 2.75) is 44.9 Å². The molecule has 2 saturated heterocycles. The zero-order valence-corrected chi connectivity index (χ0v) is 15.2. The molecule has 1 atom stereocenters. The van der Waals surface area contributed by atoms with E-state index in [1.807, 2.05) is 4.90 Å². The van der Waals surface area contributed by atoms with Crippen LogP contribution in [0.15, 0.2) is 23.1 Å². The number of amides is 1. The smallest absolute Gasteiger partial charge is 0.250 e. The summed E-state index contributed by atoms with van der Waals surface area (Å²) < 4.78 is 1.55. The molecule has 1 saturated carbocycles. The third-order valence-corrected chi connectivity index (χ3v) is 6.44. The molecule has 0 unspecified atom stereocenters. The molecule has 2 aliphatic heterocycles. The molecular formula is C20H29N3O2. The Bertz CT molecular complexity index is 707. The van der Waals surface area contributed by atoms with E-state index in [2.05, 4.69) is 4.90 Å². The number of piperidine rings is 1. The van der Waals surface area contributed by atoms with Gasteiger partial charge in [0.2, 0.25) is 11.5 Å². The SMILES string of the molecule is Cn1cc(N2C[C@@]3(CCCN(CC4CCCCC4)C3)C2=O)ccc1=O. The molecule has 5 heteroatoms. The van der Waals surface area contributed by atoms with E-state index in [-0.39, 0.29) is 16.9 Å². The third kappa shape index (κ3) is 3.14. The lowest BCUT2D eigenvalue weighted by atomic mass is 9.72. The molecule has 0 bridgehead atoms. The highest BCUT2D eigenvalue weighted by Crippen LogP contribution is 2.42. The zero-order valence-electron chi connectivity index (χ0n) is 15.2. The summed E-state index contributed by atoms with van der Waals surface area (Å²) in [6, 6.07) is 3.32. The Morgan fingerprint density at radius 1 is 1.08 bits per heavy atom. The van der Waals surface area contributed by atoms with E-state index in [4.69, 9.17) is 0 Å². The van der Waals surface area contributed by atoms with E-state index in [1.54, 1.807) is 29.9 Å². The van der Waals surface area contributed by atoms with Gasteiger partial charge in [0.25, 0.3) is 0 Å². The minimum Gasteiger partial charge on any atom is -0.317 e. The molecule has 1 aromatic heterocycles. The molecule has 0 aromatic carbocycles. The normalized spacial score (nSPS) is 28.4. The molecule has 0 N–H and O–H groups in total. The van der Waals surface area contributed by atoms with Gasteiger partial charge in [0.1, 0.15) is 0 Å². The number of pyridine rings is 1. The lowest BCUT2D eigenvalue weighted by Gasteiger charge is -2.53. The predicted molar refractivity (Wildman–Crippen MR) is 98.7 cm³/mol. The minimum atomic E-state index is -0.179. The minimum absolute atomic E-state index is 0.0391. The van der Waals surface area contributed by atoms with Crippen LogP contribution in [0.3, 0.4) is 0 Å². The summed E-state index contributed by atoms with van der Waals surface area (Å²) >= 11 is 0. The quantitative estimate of drug-likeness (QED) is 0.792. The average Bonchev–Trinajstić information content (AvgIpc) is 2.63. The predicted octanol–water partition coefficient (Wildman–Crippen LogP) is 2.39. The summed E-state index contributed by atoms with van der Waals surface area (Å²) in [5, 5.41) is 0. The number of rotatable bonds is 3. The molecule has 3 heterocycles. The Kier molecular flexibility index (Phi) is 4.44. The molecule has 1 spiro atoms. The number of aromatic nitrogens is 1. The van der Waals surface area contributed by atoms with Crippen molar-refractivity contribution in [2.75, 3.05) is 31.1 Å². The first-order valence-electron chi connectivity index (χ1n) is 9.78. The monoisotopic (exact) mass is 343 g/mol. The van der Waals surface area contributed by atoms with Gasteiger partial charge in [0, 0.05) is 38.9 Å². The van der Waals surface area contributed by atoms with Crippen LogP contribution < -0.4 is 10.5 Å². The van der Waals surface area contributed by atoms with E-state index in [0.29, 0.717) is 0 Å². The van der Waals surface area contributed by atoms with Crippen molar-refractivity contribution >= 4 is 11.6 Å². The van der Waals surface area contributed by atoms with Crippen molar-refractivity contribution in [1.82, 2.24) is 9.47 Å². The van der Waals surface area contributed by atoms with E-state index < -0.39 is 0 Å². The molecule has 1 aromatic rings. The molecule has 0 radical (unpaired) electrons. The molecule has 3 aliphatic rings. The first-order valence-corrected chi connectivity index (χ1v) is 9.78. The van der Waals surface area contributed by atoms with Crippen LogP contribution in [0, 0.1) is 11.3 Å². The number of anilines is 1. The number of carbonyl (C=O) groups excluding carboxylic acids is 1. The van der Waals surface area contributed by atoms with Crippen molar-refractivity contribution in [3.05, 3.63) is 28.7 Å². The fraction of sp³-hybridized carbons (Fsp3) is 0.700. The first-order chi connectivity index (χ1) is 12.1. The molecular weight excluding hydrogens is 314 g/mol. The summed E-state index contributed by atoms with van der Waals surface area (Å²) in [6.07, 6.45) is 10.8. The summed E-state index contributed by atoms with van der Waals surface area (Å²) in [5.41, 5.74) is 0.631. The van der Waals surface area contributed by atoms with Gasteiger partial charge in [0.05, 0.1) is 11.1 Å². The average molecular weight is 343 g/mol. The second kappa shape index (κ2) is 6.60. The number of hydrogen-bond donors (Lipinski definition) is 0. The highest BCUT2D eigenvalue weighted by molar-refractivity contribution is 6.04. The summed E-state index contributed by atoms with van der Waals surface area (Å²) in [5.74, 6) is 1.08.